The van der Waals surface area contributed by atoms with Crippen LogP contribution in [0.1, 0.15) is 12.0 Å². The van der Waals surface area contributed by atoms with Gasteiger partial charge in [0, 0.05) is 12.6 Å². The minimum atomic E-state index is -4.01. The third-order valence-electron chi connectivity index (χ3n) is 2.77. The molecular weight excluding hydrogens is 298 g/mol. The van der Waals surface area contributed by atoms with E-state index in [1.54, 1.807) is 0 Å². The molecule has 8 nitrogen and oxygen atoms in total. The Balaban J connectivity index is 3.04. The highest BCUT2D eigenvalue weighted by Crippen LogP contribution is 2.32. The van der Waals surface area contributed by atoms with Crippen LogP contribution in [0.15, 0.2) is 17.0 Å². The molecule has 0 aliphatic rings. The van der Waals surface area contributed by atoms with Gasteiger partial charge in [0.15, 0.2) is 5.75 Å². The van der Waals surface area contributed by atoms with Crippen LogP contribution in [0.5, 0.6) is 5.75 Å². The number of hydrogen-bond donors (Lipinski definition) is 1. The molecule has 1 aromatic rings. The number of nitro groups is 1. The summed E-state index contributed by atoms with van der Waals surface area (Å²) in [4.78, 5) is 12.0. The van der Waals surface area contributed by atoms with Gasteiger partial charge in [-0.2, -0.15) is 0 Å². The van der Waals surface area contributed by atoms with Crippen molar-refractivity contribution in [3.63, 3.8) is 0 Å². The molecule has 21 heavy (non-hydrogen) atoms. The molecule has 0 atom stereocenters. The fraction of sp³-hybridized carbons (Fsp3) is 0.500. The third kappa shape index (κ3) is 4.96. The zero-order chi connectivity index (χ0) is 16.2. The van der Waals surface area contributed by atoms with Gasteiger partial charge in [0.2, 0.25) is 10.0 Å². The van der Waals surface area contributed by atoms with Gasteiger partial charge >= 0.3 is 5.69 Å². The maximum atomic E-state index is 11.4. The topological polar surface area (TPSA) is 116 Å². The van der Waals surface area contributed by atoms with E-state index in [9.17, 15) is 18.5 Å². The van der Waals surface area contributed by atoms with E-state index in [-0.39, 0.29) is 10.6 Å². The van der Waals surface area contributed by atoms with E-state index in [0.29, 0.717) is 18.6 Å². The van der Waals surface area contributed by atoms with Crippen LogP contribution in [0.2, 0.25) is 0 Å². The van der Waals surface area contributed by atoms with Gasteiger partial charge in [0.05, 0.1) is 16.4 Å². The van der Waals surface area contributed by atoms with Crippen LogP contribution in [0.3, 0.4) is 0 Å². The Labute approximate surface area is 123 Å². The molecule has 118 valence electrons. The van der Waals surface area contributed by atoms with Crippen LogP contribution in [0.25, 0.3) is 0 Å². The molecule has 1 aromatic carbocycles. The Kier molecular flexibility index (Phi) is 5.64. The molecule has 0 bridgehead atoms. The molecular formula is C12H19N3O5S. The molecule has 0 unspecified atom stereocenters. The summed E-state index contributed by atoms with van der Waals surface area (Å²) in [7, 11) is -0.189. The second-order valence-electron chi connectivity index (χ2n) is 4.89. The van der Waals surface area contributed by atoms with Gasteiger partial charge in [-0.05, 0) is 39.1 Å². The Morgan fingerprint density at radius 2 is 2.00 bits per heavy atom. The fourth-order valence-electron chi connectivity index (χ4n) is 1.78. The molecule has 0 amide bonds. The van der Waals surface area contributed by atoms with Crippen molar-refractivity contribution in [1.29, 1.82) is 0 Å². The average molecular weight is 317 g/mol. The maximum Gasteiger partial charge on any atom is 0.312 e. The molecule has 0 radical (unpaired) electrons. The lowest BCUT2D eigenvalue weighted by Gasteiger charge is -2.12. The first-order valence-electron chi connectivity index (χ1n) is 6.22. The number of sulfonamides is 1. The van der Waals surface area contributed by atoms with Crippen LogP contribution in [-0.4, -0.2) is 45.5 Å². The average Bonchev–Trinajstić information content (AvgIpc) is 2.32. The number of aryl methyl sites for hydroxylation is 1. The van der Waals surface area contributed by atoms with Crippen LogP contribution in [0, 0.1) is 17.0 Å². The molecule has 2 N–H and O–H groups in total. The van der Waals surface area contributed by atoms with Crippen LogP contribution in [0.4, 0.5) is 5.69 Å². The van der Waals surface area contributed by atoms with Crippen molar-refractivity contribution in [2.45, 2.75) is 18.2 Å². The van der Waals surface area contributed by atoms with Gasteiger partial charge in [0.1, 0.15) is 0 Å². The molecule has 9 heteroatoms. The summed E-state index contributed by atoms with van der Waals surface area (Å²) in [6.07, 6.45) is 0.695. The molecule has 0 fully saturated rings. The third-order valence-corrected chi connectivity index (χ3v) is 3.82. The highest BCUT2D eigenvalue weighted by Gasteiger charge is 2.22. The normalized spacial score (nSPS) is 11.7. The molecule has 1 rings (SSSR count). The van der Waals surface area contributed by atoms with E-state index in [1.165, 1.54) is 13.0 Å². The predicted octanol–water partition coefficient (Wildman–Crippen LogP) is 0.881. The lowest BCUT2D eigenvalue weighted by Crippen LogP contribution is -2.16. The SMILES string of the molecule is Cc1cc(OCCCN(C)C)c([N+](=O)[O-])cc1S(N)(=O)=O. The van der Waals surface area contributed by atoms with Crippen molar-refractivity contribution in [3.8, 4) is 5.75 Å². The molecule has 0 spiro atoms. The molecule has 0 saturated carbocycles. The number of nitro benzene ring substituents is 1. The number of nitrogens with zero attached hydrogens (tertiary/aromatic N) is 2. The quantitative estimate of drug-likeness (QED) is 0.453. The van der Waals surface area contributed by atoms with Crippen molar-refractivity contribution < 1.29 is 18.1 Å². The summed E-state index contributed by atoms with van der Waals surface area (Å²) in [5.41, 5.74) is -0.0970. The number of benzene rings is 1. The summed E-state index contributed by atoms with van der Waals surface area (Å²) in [5.74, 6) is 0.0451. The second-order valence-corrected chi connectivity index (χ2v) is 6.42. The van der Waals surface area contributed by atoms with Crippen molar-refractivity contribution in [1.82, 2.24) is 4.90 Å². The summed E-state index contributed by atoms with van der Waals surface area (Å²) >= 11 is 0. The van der Waals surface area contributed by atoms with Gasteiger partial charge in [-0.3, -0.25) is 10.1 Å². The molecule has 0 aliphatic carbocycles. The highest BCUT2D eigenvalue weighted by atomic mass is 32.2. The minimum Gasteiger partial charge on any atom is -0.487 e. The summed E-state index contributed by atoms with van der Waals surface area (Å²) < 4.78 is 28.2. The zero-order valence-corrected chi connectivity index (χ0v) is 13.0. The number of rotatable bonds is 7. The first kappa shape index (κ1) is 17.3. The molecule has 0 saturated heterocycles. The molecule has 0 aliphatic heterocycles. The number of hydrogen-bond acceptors (Lipinski definition) is 6. The zero-order valence-electron chi connectivity index (χ0n) is 12.2. The number of primary sulfonamides is 1. The van der Waals surface area contributed by atoms with Gasteiger partial charge in [-0.25, -0.2) is 13.6 Å². The summed E-state index contributed by atoms with van der Waals surface area (Å²) in [6.45, 7) is 2.59. The maximum absolute atomic E-state index is 11.4. The van der Waals surface area contributed by atoms with Crippen molar-refractivity contribution in [2.75, 3.05) is 27.2 Å². The van der Waals surface area contributed by atoms with E-state index in [0.717, 1.165) is 12.6 Å². The first-order valence-corrected chi connectivity index (χ1v) is 7.77. The van der Waals surface area contributed by atoms with Crippen molar-refractivity contribution >= 4 is 15.7 Å². The van der Waals surface area contributed by atoms with Crippen LogP contribution in [-0.2, 0) is 10.0 Å². The van der Waals surface area contributed by atoms with Crippen molar-refractivity contribution in [3.05, 3.63) is 27.8 Å². The lowest BCUT2D eigenvalue weighted by atomic mass is 10.2. The summed E-state index contributed by atoms with van der Waals surface area (Å²) in [6, 6.07) is 2.26. The smallest absolute Gasteiger partial charge is 0.312 e. The minimum absolute atomic E-state index is 0.0451. The number of nitrogens with two attached hydrogens (primary N) is 1. The Morgan fingerprint density at radius 3 is 2.48 bits per heavy atom. The predicted molar refractivity (Wildman–Crippen MR) is 77.9 cm³/mol. The first-order chi connectivity index (χ1) is 9.62. The fourth-order valence-corrected chi connectivity index (χ4v) is 2.56. The highest BCUT2D eigenvalue weighted by molar-refractivity contribution is 7.89. The van der Waals surface area contributed by atoms with Gasteiger partial charge in [0.25, 0.3) is 0 Å². The van der Waals surface area contributed by atoms with Crippen LogP contribution < -0.4 is 9.88 Å². The molecule has 0 aromatic heterocycles. The molecule has 0 heterocycles. The van der Waals surface area contributed by atoms with Crippen molar-refractivity contribution in [2.24, 2.45) is 5.14 Å². The van der Waals surface area contributed by atoms with E-state index in [4.69, 9.17) is 9.88 Å². The Bertz CT molecular complexity index is 628. The lowest BCUT2D eigenvalue weighted by molar-refractivity contribution is -0.386. The second kappa shape index (κ2) is 6.83. The number of ether oxygens (including phenoxy) is 1. The van der Waals surface area contributed by atoms with E-state index in [2.05, 4.69) is 0 Å². The van der Waals surface area contributed by atoms with E-state index < -0.39 is 20.6 Å². The Hall–Kier alpha value is -1.71. The van der Waals surface area contributed by atoms with Gasteiger partial charge in [-0.1, -0.05) is 0 Å². The summed E-state index contributed by atoms with van der Waals surface area (Å²) in [5, 5.41) is 16.1. The largest absolute Gasteiger partial charge is 0.487 e. The van der Waals surface area contributed by atoms with Crippen LogP contribution >= 0.6 is 0 Å². The standard InChI is InChI=1S/C12H19N3O5S/c1-9-7-11(20-6-4-5-14(2)3)10(15(16)17)8-12(9)21(13,18)19/h7-8H,4-6H2,1-3H3,(H2,13,18,19). The monoisotopic (exact) mass is 317 g/mol. The van der Waals surface area contributed by atoms with E-state index >= 15 is 0 Å². The van der Waals surface area contributed by atoms with Gasteiger partial charge in [-0.15, -0.1) is 0 Å². The van der Waals surface area contributed by atoms with Gasteiger partial charge < -0.3 is 9.64 Å². The Morgan fingerprint density at radius 1 is 1.38 bits per heavy atom. The van der Waals surface area contributed by atoms with E-state index in [1.807, 2.05) is 19.0 Å².